The molecule has 0 atom stereocenters. The van der Waals surface area contributed by atoms with Crippen molar-refractivity contribution in [2.75, 3.05) is 18.0 Å². The SMILES string of the molecule is O=C(O)CCCN1C(=O)/C(=C2\C(=O)N(CC(=O)O)c3ccc(Br)cc32)SC1=S. The number of hydrogen-bond acceptors (Lipinski definition) is 6. The molecule has 2 aliphatic rings. The van der Waals surface area contributed by atoms with E-state index in [0.717, 1.165) is 16.7 Å². The molecule has 1 saturated heterocycles. The van der Waals surface area contributed by atoms with Crippen LogP contribution < -0.4 is 4.90 Å². The molecular formula is C17H13BrN2O6S2. The van der Waals surface area contributed by atoms with Gasteiger partial charge in [-0.25, -0.2) is 0 Å². The van der Waals surface area contributed by atoms with Crippen molar-refractivity contribution in [3.05, 3.63) is 33.1 Å². The maximum absolute atomic E-state index is 12.9. The topological polar surface area (TPSA) is 115 Å². The number of carboxylic acids is 2. The predicted octanol–water partition coefficient (Wildman–Crippen LogP) is 2.32. The lowest BCUT2D eigenvalue weighted by Crippen LogP contribution is -2.33. The minimum Gasteiger partial charge on any atom is -0.481 e. The van der Waals surface area contributed by atoms with Crippen molar-refractivity contribution in [3.63, 3.8) is 0 Å². The summed E-state index contributed by atoms with van der Waals surface area (Å²) >= 11 is 9.52. The molecule has 0 unspecified atom stereocenters. The zero-order chi connectivity index (χ0) is 20.6. The molecule has 2 heterocycles. The Morgan fingerprint density at radius 2 is 1.82 bits per heavy atom. The normalized spacial score (nSPS) is 18.8. The van der Waals surface area contributed by atoms with Gasteiger partial charge in [0.25, 0.3) is 11.8 Å². The first-order valence-corrected chi connectivity index (χ1v) is 10.1. The van der Waals surface area contributed by atoms with E-state index in [1.54, 1.807) is 18.2 Å². The van der Waals surface area contributed by atoms with Crippen LogP contribution in [0.15, 0.2) is 27.6 Å². The highest BCUT2D eigenvalue weighted by Crippen LogP contribution is 2.45. The molecule has 11 heteroatoms. The number of carboxylic acid groups (broad SMARTS) is 2. The van der Waals surface area contributed by atoms with E-state index in [-0.39, 0.29) is 34.2 Å². The summed E-state index contributed by atoms with van der Waals surface area (Å²) in [6, 6.07) is 4.95. The first-order valence-electron chi connectivity index (χ1n) is 8.04. The van der Waals surface area contributed by atoms with Crippen LogP contribution in [0.25, 0.3) is 5.57 Å². The summed E-state index contributed by atoms with van der Waals surface area (Å²) in [5, 5.41) is 17.9. The Morgan fingerprint density at radius 1 is 1.11 bits per heavy atom. The van der Waals surface area contributed by atoms with Crippen LogP contribution in [0.5, 0.6) is 0 Å². The van der Waals surface area contributed by atoms with Gasteiger partial charge in [-0.05, 0) is 24.6 Å². The number of carbonyl (C=O) groups is 4. The quantitative estimate of drug-likeness (QED) is 0.466. The Balaban J connectivity index is 2.01. The maximum atomic E-state index is 12.9. The van der Waals surface area contributed by atoms with Crippen LogP contribution in [0.1, 0.15) is 18.4 Å². The van der Waals surface area contributed by atoms with E-state index < -0.39 is 30.3 Å². The molecule has 28 heavy (non-hydrogen) atoms. The van der Waals surface area contributed by atoms with Gasteiger partial charge in [-0.2, -0.15) is 0 Å². The molecule has 146 valence electrons. The Labute approximate surface area is 177 Å². The number of thioether (sulfide) groups is 1. The number of rotatable bonds is 6. The largest absolute Gasteiger partial charge is 0.481 e. The fourth-order valence-corrected chi connectivity index (χ4v) is 4.69. The van der Waals surface area contributed by atoms with E-state index >= 15 is 0 Å². The van der Waals surface area contributed by atoms with Crippen LogP contribution in [0, 0.1) is 0 Å². The number of anilines is 1. The summed E-state index contributed by atoms with van der Waals surface area (Å²) in [4.78, 5) is 50.2. The average molecular weight is 485 g/mol. The molecule has 2 N–H and O–H groups in total. The Bertz CT molecular complexity index is 961. The molecular weight excluding hydrogens is 472 g/mol. The maximum Gasteiger partial charge on any atom is 0.323 e. The van der Waals surface area contributed by atoms with Gasteiger partial charge in [0.05, 0.1) is 16.2 Å². The molecule has 8 nitrogen and oxygen atoms in total. The Morgan fingerprint density at radius 3 is 2.46 bits per heavy atom. The van der Waals surface area contributed by atoms with Gasteiger partial charge in [0.15, 0.2) is 0 Å². The first kappa shape index (κ1) is 20.5. The third-order valence-electron chi connectivity index (χ3n) is 4.12. The number of carbonyl (C=O) groups excluding carboxylic acids is 2. The van der Waals surface area contributed by atoms with E-state index in [9.17, 15) is 19.2 Å². The third-order valence-corrected chi connectivity index (χ3v) is 6.06. The fraction of sp³-hybridized carbons (Fsp3) is 0.235. The highest BCUT2D eigenvalue weighted by atomic mass is 79.9. The van der Waals surface area contributed by atoms with Gasteiger partial charge in [0, 0.05) is 23.0 Å². The van der Waals surface area contributed by atoms with Crippen LogP contribution >= 0.6 is 39.9 Å². The van der Waals surface area contributed by atoms with Crippen molar-refractivity contribution in [1.29, 1.82) is 0 Å². The number of halogens is 1. The molecule has 2 amide bonds. The van der Waals surface area contributed by atoms with Gasteiger partial charge in [0.1, 0.15) is 10.9 Å². The Kier molecular flexibility index (Phi) is 5.87. The van der Waals surface area contributed by atoms with Crippen molar-refractivity contribution < 1.29 is 29.4 Å². The number of aliphatic carboxylic acids is 2. The molecule has 0 aliphatic carbocycles. The highest BCUT2D eigenvalue weighted by molar-refractivity contribution is 9.10. The van der Waals surface area contributed by atoms with E-state index in [1.807, 2.05) is 0 Å². The summed E-state index contributed by atoms with van der Waals surface area (Å²) in [7, 11) is 0. The smallest absolute Gasteiger partial charge is 0.323 e. The van der Waals surface area contributed by atoms with Crippen molar-refractivity contribution in [2.24, 2.45) is 0 Å². The second kappa shape index (κ2) is 8.02. The summed E-state index contributed by atoms with van der Waals surface area (Å²) < 4.78 is 0.907. The number of thiocarbonyl (C=S) groups is 1. The van der Waals surface area contributed by atoms with Crippen LogP contribution in [0.4, 0.5) is 5.69 Å². The summed E-state index contributed by atoms with van der Waals surface area (Å²) in [6.45, 7) is -0.401. The van der Waals surface area contributed by atoms with Crippen LogP contribution in [0.3, 0.4) is 0 Å². The monoisotopic (exact) mass is 484 g/mol. The van der Waals surface area contributed by atoms with Crippen molar-refractivity contribution in [3.8, 4) is 0 Å². The molecule has 0 bridgehead atoms. The van der Waals surface area contributed by atoms with Crippen LogP contribution in [-0.4, -0.2) is 56.3 Å². The zero-order valence-corrected chi connectivity index (χ0v) is 17.4. The van der Waals surface area contributed by atoms with Crippen LogP contribution in [-0.2, 0) is 19.2 Å². The molecule has 3 rings (SSSR count). The lowest BCUT2D eigenvalue weighted by atomic mass is 10.1. The summed E-state index contributed by atoms with van der Waals surface area (Å²) in [5.41, 5.74) is 0.962. The van der Waals surface area contributed by atoms with E-state index in [4.69, 9.17) is 22.4 Å². The van der Waals surface area contributed by atoms with Gasteiger partial charge in [-0.15, -0.1) is 0 Å². The molecule has 2 aliphatic heterocycles. The average Bonchev–Trinajstić information content (AvgIpc) is 3.02. The predicted molar refractivity (Wildman–Crippen MR) is 110 cm³/mol. The summed E-state index contributed by atoms with van der Waals surface area (Å²) in [6.07, 6.45) is 0.121. The molecule has 1 fully saturated rings. The van der Waals surface area contributed by atoms with Gasteiger partial charge in [-0.1, -0.05) is 39.9 Å². The molecule has 0 spiro atoms. The van der Waals surface area contributed by atoms with Crippen molar-refractivity contribution >= 4 is 79.2 Å². The molecule has 0 radical (unpaired) electrons. The lowest BCUT2D eigenvalue weighted by Gasteiger charge is -2.14. The fourth-order valence-electron chi connectivity index (χ4n) is 2.95. The van der Waals surface area contributed by atoms with E-state index in [0.29, 0.717) is 15.7 Å². The zero-order valence-electron chi connectivity index (χ0n) is 14.2. The van der Waals surface area contributed by atoms with Gasteiger partial charge in [0.2, 0.25) is 0 Å². The van der Waals surface area contributed by atoms with E-state index in [2.05, 4.69) is 15.9 Å². The second-order valence-corrected chi connectivity index (χ2v) is 8.53. The minimum absolute atomic E-state index is 0.107. The standard InChI is InChI=1S/C17H13BrN2O6S2/c18-8-3-4-10-9(6-8)13(15(25)20(10)7-12(23)24)14-16(26)19(17(27)28-14)5-1-2-11(21)22/h3-4,6H,1-2,5,7H2,(H,21,22)(H,23,24)/b14-13+. The van der Waals surface area contributed by atoms with Crippen LogP contribution in [0.2, 0.25) is 0 Å². The highest BCUT2D eigenvalue weighted by Gasteiger charge is 2.42. The van der Waals surface area contributed by atoms with Crippen molar-refractivity contribution in [1.82, 2.24) is 4.90 Å². The first-order chi connectivity index (χ1) is 13.2. The van der Waals surface area contributed by atoms with Gasteiger partial charge < -0.3 is 10.2 Å². The van der Waals surface area contributed by atoms with Crippen molar-refractivity contribution in [2.45, 2.75) is 12.8 Å². The lowest BCUT2D eigenvalue weighted by molar-refractivity contribution is -0.137. The van der Waals surface area contributed by atoms with E-state index in [1.165, 1.54) is 4.90 Å². The number of amides is 2. The van der Waals surface area contributed by atoms with Gasteiger partial charge in [-0.3, -0.25) is 29.0 Å². The number of fused-ring (bicyclic) bond motifs is 1. The number of benzene rings is 1. The number of hydrogen-bond donors (Lipinski definition) is 2. The summed E-state index contributed by atoms with van der Waals surface area (Å²) in [5.74, 6) is -3.21. The third kappa shape index (κ3) is 3.82. The minimum atomic E-state index is -1.18. The molecule has 1 aromatic carbocycles. The second-order valence-electron chi connectivity index (χ2n) is 5.97. The molecule has 1 aromatic rings. The molecule has 0 aromatic heterocycles. The Hall–Kier alpha value is -2.24. The molecule has 0 saturated carbocycles. The number of nitrogens with zero attached hydrogens (tertiary/aromatic N) is 2. The van der Waals surface area contributed by atoms with Gasteiger partial charge >= 0.3 is 11.9 Å².